The predicted octanol–water partition coefficient (Wildman–Crippen LogP) is 2.28. The Morgan fingerprint density at radius 3 is 2.53 bits per heavy atom. The number of ether oxygens (including phenoxy) is 2. The standard InChI is InChI=1S/C15H18O4/c1-10-15(2,14(17)18-3)13(16)9-12(19-10)11-7-5-4-6-8-11/h4-8,10,12H,9H2,1-3H3/t10-,12-,15-/m0/s1. The maximum atomic E-state index is 12.3. The SMILES string of the molecule is COC(=O)[C@]1(C)C(=O)C[C@@H](c2ccccc2)O[C@H]1C. The van der Waals surface area contributed by atoms with Crippen molar-refractivity contribution in [3.63, 3.8) is 0 Å². The number of carbonyl (C=O) groups is 2. The number of ketones is 1. The van der Waals surface area contributed by atoms with E-state index in [0.29, 0.717) is 0 Å². The number of methoxy groups -OCH3 is 1. The molecule has 1 fully saturated rings. The van der Waals surface area contributed by atoms with Crippen LogP contribution < -0.4 is 0 Å². The Kier molecular flexibility index (Phi) is 3.71. The summed E-state index contributed by atoms with van der Waals surface area (Å²) in [7, 11) is 1.29. The Morgan fingerprint density at radius 1 is 1.37 bits per heavy atom. The molecule has 0 bridgehead atoms. The molecule has 4 nitrogen and oxygen atoms in total. The molecular weight excluding hydrogens is 244 g/mol. The fourth-order valence-corrected chi connectivity index (χ4v) is 2.39. The average molecular weight is 262 g/mol. The molecular formula is C15H18O4. The molecule has 1 aromatic rings. The van der Waals surface area contributed by atoms with Crippen molar-refractivity contribution in [2.75, 3.05) is 7.11 Å². The third-order valence-electron chi connectivity index (χ3n) is 3.91. The molecule has 0 aliphatic carbocycles. The van der Waals surface area contributed by atoms with E-state index in [1.807, 2.05) is 30.3 Å². The smallest absolute Gasteiger partial charge is 0.321 e. The van der Waals surface area contributed by atoms with Crippen LogP contribution in [-0.4, -0.2) is 25.0 Å². The summed E-state index contributed by atoms with van der Waals surface area (Å²) >= 11 is 0. The summed E-state index contributed by atoms with van der Waals surface area (Å²) in [5, 5.41) is 0. The topological polar surface area (TPSA) is 52.6 Å². The molecule has 1 saturated heterocycles. The van der Waals surface area contributed by atoms with Gasteiger partial charge in [0.25, 0.3) is 0 Å². The molecule has 19 heavy (non-hydrogen) atoms. The highest BCUT2D eigenvalue weighted by molar-refractivity contribution is 6.04. The van der Waals surface area contributed by atoms with E-state index in [4.69, 9.17) is 9.47 Å². The molecule has 0 radical (unpaired) electrons. The number of Topliss-reactive ketones (excluding diaryl/α,β-unsaturated/α-hetero) is 1. The molecule has 1 aliphatic heterocycles. The number of hydrogen-bond acceptors (Lipinski definition) is 4. The fourth-order valence-electron chi connectivity index (χ4n) is 2.39. The number of benzene rings is 1. The molecule has 0 N–H and O–H groups in total. The van der Waals surface area contributed by atoms with E-state index >= 15 is 0 Å². The quantitative estimate of drug-likeness (QED) is 0.606. The van der Waals surface area contributed by atoms with Gasteiger partial charge in [-0.3, -0.25) is 9.59 Å². The fraction of sp³-hybridized carbons (Fsp3) is 0.467. The Hall–Kier alpha value is -1.68. The summed E-state index contributed by atoms with van der Waals surface area (Å²) in [5.74, 6) is -0.663. The lowest BCUT2D eigenvalue weighted by Gasteiger charge is -2.39. The number of hydrogen-bond donors (Lipinski definition) is 0. The third kappa shape index (κ3) is 2.28. The molecule has 1 aliphatic rings. The summed E-state index contributed by atoms with van der Waals surface area (Å²) in [6.07, 6.45) is -0.604. The van der Waals surface area contributed by atoms with E-state index < -0.39 is 17.5 Å². The van der Waals surface area contributed by atoms with Crippen molar-refractivity contribution in [2.45, 2.75) is 32.5 Å². The Balaban J connectivity index is 2.24. The van der Waals surface area contributed by atoms with Gasteiger partial charge >= 0.3 is 5.97 Å². The Morgan fingerprint density at radius 2 is 2.00 bits per heavy atom. The highest BCUT2D eigenvalue weighted by Crippen LogP contribution is 2.40. The minimum Gasteiger partial charge on any atom is -0.468 e. The van der Waals surface area contributed by atoms with Crippen molar-refractivity contribution in [2.24, 2.45) is 5.41 Å². The van der Waals surface area contributed by atoms with Crippen LogP contribution in [0.5, 0.6) is 0 Å². The van der Waals surface area contributed by atoms with Crippen molar-refractivity contribution in [3.8, 4) is 0 Å². The Labute approximate surface area is 112 Å². The highest BCUT2D eigenvalue weighted by atomic mass is 16.5. The molecule has 2 rings (SSSR count). The van der Waals surface area contributed by atoms with Gasteiger partial charge in [-0.25, -0.2) is 0 Å². The molecule has 3 atom stereocenters. The van der Waals surface area contributed by atoms with Crippen LogP contribution in [0, 0.1) is 5.41 Å². The number of rotatable bonds is 2. The first-order valence-electron chi connectivity index (χ1n) is 6.32. The van der Waals surface area contributed by atoms with Crippen molar-refractivity contribution in [1.82, 2.24) is 0 Å². The summed E-state index contributed by atoms with van der Waals surface area (Å²) in [6.45, 7) is 3.33. The predicted molar refractivity (Wildman–Crippen MR) is 69.5 cm³/mol. The van der Waals surface area contributed by atoms with E-state index in [-0.39, 0.29) is 18.3 Å². The summed E-state index contributed by atoms with van der Waals surface area (Å²) in [5.41, 5.74) is -0.255. The van der Waals surface area contributed by atoms with E-state index in [1.54, 1.807) is 13.8 Å². The molecule has 0 unspecified atom stereocenters. The number of carbonyl (C=O) groups excluding carboxylic acids is 2. The van der Waals surface area contributed by atoms with E-state index in [0.717, 1.165) is 5.56 Å². The van der Waals surface area contributed by atoms with Gasteiger partial charge in [0.05, 0.1) is 19.3 Å². The van der Waals surface area contributed by atoms with Gasteiger partial charge in [0.2, 0.25) is 0 Å². The van der Waals surface area contributed by atoms with Crippen LogP contribution in [0.25, 0.3) is 0 Å². The zero-order valence-electron chi connectivity index (χ0n) is 11.4. The van der Waals surface area contributed by atoms with Gasteiger partial charge in [0.15, 0.2) is 5.78 Å². The lowest BCUT2D eigenvalue weighted by Crippen LogP contribution is -2.51. The maximum absolute atomic E-state index is 12.3. The molecule has 1 aromatic carbocycles. The van der Waals surface area contributed by atoms with Crippen LogP contribution in [0.1, 0.15) is 31.9 Å². The van der Waals surface area contributed by atoms with E-state index in [2.05, 4.69) is 0 Å². The van der Waals surface area contributed by atoms with Crippen LogP contribution in [-0.2, 0) is 19.1 Å². The molecule has 0 spiro atoms. The van der Waals surface area contributed by atoms with Crippen LogP contribution in [0.3, 0.4) is 0 Å². The van der Waals surface area contributed by atoms with Crippen LogP contribution in [0.4, 0.5) is 0 Å². The monoisotopic (exact) mass is 262 g/mol. The minimum atomic E-state index is -1.21. The van der Waals surface area contributed by atoms with Gasteiger partial charge in [-0.2, -0.15) is 0 Å². The molecule has 4 heteroatoms. The van der Waals surface area contributed by atoms with Crippen molar-refractivity contribution >= 4 is 11.8 Å². The van der Waals surface area contributed by atoms with Gasteiger partial charge in [0, 0.05) is 6.42 Å². The number of esters is 1. The van der Waals surface area contributed by atoms with Gasteiger partial charge in [-0.15, -0.1) is 0 Å². The zero-order chi connectivity index (χ0) is 14.0. The van der Waals surface area contributed by atoms with Gasteiger partial charge in [-0.05, 0) is 19.4 Å². The first kappa shape index (κ1) is 13.7. The largest absolute Gasteiger partial charge is 0.468 e. The molecule has 0 saturated carbocycles. The highest BCUT2D eigenvalue weighted by Gasteiger charge is 2.52. The minimum absolute atomic E-state index is 0.132. The van der Waals surface area contributed by atoms with Crippen molar-refractivity contribution < 1.29 is 19.1 Å². The molecule has 0 aromatic heterocycles. The second-order valence-electron chi connectivity index (χ2n) is 5.00. The van der Waals surface area contributed by atoms with Gasteiger partial charge in [-0.1, -0.05) is 30.3 Å². The maximum Gasteiger partial charge on any atom is 0.321 e. The normalized spacial score (nSPS) is 31.0. The average Bonchev–Trinajstić information content (AvgIpc) is 2.44. The Bertz CT molecular complexity index is 482. The second kappa shape index (κ2) is 5.13. The van der Waals surface area contributed by atoms with E-state index in [9.17, 15) is 9.59 Å². The lowest BCUT2D eigenvalue weighted by molar-refractivity contribution is -0.180. The molecule has 102 valence electrons. The summed E-state index contributed by atoms with van der Waals surface area (Å²) in [6, 6.07) is 9.57. The van der Waals surface area contributed by atoms with Crippen LogP contribution >= 0.6 is 0 Å². The van der Waals surface area contributed by atoms with Crippen molar-refractivity contribution in [1.29, 1.82) is 0 Å². The van der Waals surface area contributed by atoms with E-state index in [1.165, 1.54) is 7.11 Å². The summed E-state index contributed by atoms with van der Waals surface area (Å²) in [4.78, 5) is 24.2. The zero-order valence-corrected chi connectivity index (χ0v) is 11.4. The molecule has 0 amide bonds. The van der Waals surface area contributed by atoms with Crippen LogP contribution in [0.15, 0.2) is 30.3 Å². The third-order valence-corrected chi connectivity index (χ3v) is 3.91. The van der Waals surface area contributed by atoms with Gasteiger partial charge < -0.3 is 9.47 Å². The van der Waals surface area contributed by atoms with Gasteiger partial charge in [0.1, 0.15) is 5.41 Å². The first-order chi connectivity index (χ1) is 9.00. The second-order valence-corrected chi connectivity index (χ2v) is 5.00. The van der Waals surface area contributed by atoms with Crippen molar-refractivity contribution in [3.05, 3.63) is 35.9 Å². The first-order valence-corrected chi connectivity index (χ1v) is 6.32. The molecule has 1 heterocycles. The summed E-state index contributed by atoms with van der Waals surface area (Å²) < 4.78 is 10.6. The lowest BCUT2D eigenvalue weighted by atomic mass is 9.75. The van der Waals surface area contributed by atoms with Crippen LogP contribution in [0.2, 0.25) is 0 Å².